The Hall–Kier alpha value is -2.09. The van der Waals surface area contributed by atoms with E-state index in [9.17, 15) is 15.3 Å². The van der Waals surface area contributed by atoms with Crippen LogP contribution >= 0.6 is 0 Å². The molecule has 1 aliphatic carbocycles. The Balaban J connectivity index is 1.24. The number of nitrogens with two attached hydrogens (primary N) is 1. The van der Waals surface area contributed by atoms with Gasteiger partial charge in [0, 0.05) is 19.4 Å². The average molecular weight is 450 g/mol. The Labute approximate surface area is 184 Å². The molecule has 12 heteroatoms. The molecule has 2 saturated heterocycles. The Morgan fingerprint density at radius 3 is 2.59 bits per heavy atom. The fourth-order valence-electron chi connectivity index (χ4n) is 4.89. The average Bonchev–Trinajstić information content (AvgIpc) is 3.49. The first-order chi connectivity index (χ1) is 15.5. The molecule has 2 aromatic rings. The number of aliphatic hydroxyl groups is 3. The van der Waals surface area contributed by atoms with Crippen molar-refractivity contribution in [3.63, 3.8) is 0 Å². The summed E-state index contributed by atoms with van der Waals surface area (Å²) in [6.45, 7) is 1.65. The maximum absolute atomic E-state index is 10.3. The van der Waals surface area contributed by atoms with Gasteiger partial charge in [-0.15, -0.1) is 0 Å². The highest BCUT2D eigenvalue weighted by molar-refractivity contribution is 5.83. The molecular weight excluding hydrogens is 420 g/mol. The molecule has 2 aromatic heterocycles. The first kappa shape index (κ1) is 21.7. The van der Waals surface area contributed by atoms with E-state index in [1.165, 1.54) is 10.9 Å². The quantitative estimate of drug-likeness (QED) is 0.393. The maximum atomic E-state index is 10.3. The van der Waals surface area contributed by atoms with Crippen molar-refractivity contribution in [2.45, 2.75) is 62.4 Å². The van der Waals surface area contributed by atoms with Gasteiger partial charge in [-0.3, -0.25) is 4.57 Å². The number of anilines is 2. The summed E-state index contributed by atoms with van der Waals surface area (Å²) in [4.78, 5) is 13.0. The van der Waals surface area contributed by atoms with Crippen LogP contribution in [0.3, 0.4) is 0 Å². The van der Waals surface area contributed by atoms with E-state index in [-0.39, 0.29) is 11.6 Å². The SMILES string of the molecule is Nc1nc(NCCC2CCC3(CC2)OCCO3)nc2c1ncn2[C@@H]1O[C@H](CO)C(O)C1O. The van der Waals surface area contributed by atoms with Crippen LogP contribution in [-0.4, -0.2) is 85.3 Å². The predicted octanol–water partition coefficient (Wildman–Crippen LogP) is -0.245. The van der Waals surface area contributed by atoms with Gasteiger partial charge in [0.25, 0.3) is 0 Å². The zero-order chi connectivity index (χ0) is 22.3. The number of rotatable bonds is 6. The number of hydrogen-bond acceptors (Lipinski definition) is 11. The second kappa shape index (κ2) is 8.69. The van der Waals surface area contributed by atoms with Gasteiger partial charge in [-0.25, -0.2) is 4.98 Å². The lowest BCUT2D eigenvalue weighted by atomic mass is 9.83. The van der Waals surface area contributed by atoms with Gasteiger partial charge in [-0.2, -0.15) is 9.97 Å². The molecule has 0 bridgehead atoms. The molecule has 0 aromatic carbocycles. The number of ether oxygens (including phenoxy) is 3. The second-order valence-electron chi connectivity index (χ2n) is 8.75. The minimum Gasteiger partial charge on any atom is -0.394 e. The number of aliphatic hydroxyl groups excluding tert-OH is 3. The van der Waals surface area contributed by atoms with Gasteiger partial charge in [0.1, 0.15) is 23.8 Å². The number of aromatic nitrogens is 4. The summed E-state index contributed by atoms with van der Waals surface area (Å²) >= 11 is 0. The minimum atomic E-state index is -1.24. The van der Waals surface area contributed by atoms with Gasteiger partial charge in [-0.1, -0.05) is 0 Å². The maximum Gasteiger partial charge on any atom is 0.226 e. The molecule has 3 fully saturated rings. The number of hydrogen-bond donors (Lipinski definition) is 5. The van der Waals surface area contributed by atoms with Gasteiger partial charge < -0.3 is 40.6 Å². The van der Waals surface area contributed by atoms with E-state index in [0.717, 1.165) is 32.1 Å². The van der Waals surface area contributed by atoms with Gasteiger partial charge >= 0.3 is 0 Å². The number of nitrogens with one attached hydrogen (secondary N) is 1. The number of fused-ring (bicyclic) bond motifs is 1. The van der Waals surface area contributed by atoms with Crippen LogP contribution in [0, 0.1) is 5.92 Å². The molecule has 6 N–H and O–H groups in total. The van der Waals surface area contributed by atoms with E-state index in [1.807, 2.05) is 0 Å². The molecule has 176 valence electrons. The normalized spacial score (nSPS) is 30.5. The lowest BCUT2D eigenvalue weighted by molar-refractivity contribution is -0.182. The third-order valence-corrected chi connectivity index (χ3v) is 6.76. The smallest absolute Gasteiger partial charge is 0.226 e. The lowest BCUT2D eigenvalue weighted by Gasteiger charge is -2.35. The summed E-state index contributed by atoms with van der Waals surface area (Å²) in [6.07, 6.45) is 2.09. The molecule has 5 rings (SSSR count). The van der Waals surface area contributed by atoms with Crippen LogP contribution in [0.25, 0.3) is 11.2 Å². The highest BCUT2D eigenvalue weighted by atomic mass is 16.7. The Kier molecular flexibility index (Phi) is 5.90. The first-order valence-corrected chi connectivity index (χ1v) is 11.1. The van der Waals surface area contributed by atoms with Crippen molar-refractivity contribution in [1.29, 1.82) is 0 Å². The number of imidazole rings is 1. The van der Waals surface area contributed by atoms with Crippen LogP contribution in [0.1, 0.15) is 38.3 Å². The third-order valence-electron chi connectivity index (χ3n) is 6.76. The molecule has 3 aliphatic rings. The zero-order valence-electron chi connectivity index (χ0n) is 17.8. The van der Waals surface area contributed by atoms with E-state index in [4.69, 9.17) is 19.9 Å². The Morgan fingerprint density at radius 1 is 1.16 bits per heavy atom. The molecular formula is C20H30N6O6. The highest BCUT2D eigenvalue weighted by Gasteiger charge is 2.44. The lowest BCUT2D eigenvalue weighted by Crippen LogP contribution is -2.35. The Morgan fingerprint density at radius 2 is 1.91 bits per heavy atom. The predicted molar refractivity (Wildman–Crippen MR) is 112 cm³/mol. The van der Waals surface area contributed by atoms with Crippen molar-refractivity contribution < 1.29 is 29.5 Å². The van der Waals surface area contributed by atoms with Crippen LogP contribution < -0.4 is 11.1 Å². The molecule has 1 spiro atoms. The summed E-state index contributed by atoms with van der Waals surface area (Å²) in [7, 11) is 0. The Bertz CT molecular complexity index is 940. The van der Waals surface area contributed by atoms with Crippen LogP contribution in [0.4, 0.5) is 11.8 Å². The molecule has 2 aliphatic heterocycles. The summed E-state index contributed by atoms with van der Waals surface area (Å²) in [5.74, 6) is 0.795. The number of nitrogen functional groups attached to an aromatic ring is 1. The van der Waals surface area contributed by atoms with E-state index < -0.39 is 31.1 Å². The largest absolute Gasteiger partial charge is 0.394 e. The van der Waals surface area contributed by atoms with Crippen molar-refractivity contribution in [1.82, 2.24) is 19.5 Å². The molecule has 4 heterocycles. The molecule has 0 radical (unpaired) electrons. The van der Waals surface area contributed by atoms with Crippen molar-refractivity contribution in [3.8, 4) is 0 Å². The fourth-order valence-corrected chi connectivity index (χ4v) is 4.89. The van der Waals surface area contributed by atoms with Gasteiger partial charge in [-0.05, 0) is 25.2 Å². The molecule has 4 atom stereocenters. The van der Waals surface area contributed by atoms with Crippen LogP contribution in [0.15, 0.2) is 6.33 Å². The van der Waals surface area contributed by atoms with Gasteiger partial charge in [0.15, 0.2) is 23.5 Å². The third kappa shape index (κ3) is 3.91. The number of nitrogens with zero attached hydrogens (tertiary/aromatic N) is 4. The monoisotopic (exact) mass is 450 g/mol. The topological polar surface area (TPSA) is 170 Å². The first-order valence-electron chi connectivity index (χ1n) is 11.1. The van der Waals surface area contributed by atoms with E-state index in [2.05, 4.69) is 20.3 Å². The minimum absolute atomic E-state index is 0.207. The van der Waals surface area contributed by atoms with Crippen LogP contribution in [0.2, 0.25) is 0 Å². The van der Waals surface area contributed by atoms with Crippen LogP contribution in [0.5, 0.6) is 0 Å². The van der Waals surface area contributed by atoms with Gasteiger partial charge in [0.05, 0.1) is 26.1 Å². The standard InChI is InChI=1S/C20H30N6O6/c21-16-13-17(26(10-23-13)18-15(29)14(28)12(9-27)32-18)25-19(24-16)22-6-3-11-1-4-20(5-2-11)30-7-8-31-20/h10-12,14-15,18,27-29H,1-9H2,(H3,21,22,24,25)/t12-,14?,15?,18-/m1/s1. The summed E-state index contributed by atoms with van der Waals surface area (Å²) in [5, 5.41) is 33.0. The zero-order valence-corrected chi connectivity index (χ0v) is 17.8. The molecule has 0 amide bonds. The van der Waals surface area contributed by atoms with Crippen molar-refractivity contribution in [2.75, 3.05) is 37.4 Å². The van der Waals surface area contributed by atoms with Crippen molar-refractivity contribution >= 4 is 22.9 Å². The molecule has 1 saturated carbocycles. The fraction of sp³-hybridized carbons (Fsp3) is 0.750. The summed E-state index contributed by atoms with van der Waals surface area (Å²) in [6, 6.07) is 0. The van der Waals surface area contributed by atoms with E-state index in [0.29, 0.717) is 42.8 Å². The highest BCUT2D eigenvalue weighted by Crippen LogP contribution is 2.39. The second-order valence-corrected chi connectivity index (χ2v) is 8.75. The van der Waals surface area contributed by atoms with Crippen molar-refractivity contribution in [2.24, 2.45) is 5.92 Å². The van der Waals surface area contributed by atoms with Crippen LogP contribution in [-0.2, 0) is 14.2 Å². The molecule has 32 heavy (non-hydrogen) atoms. The molecule has 2 unspecified atom stereocenters. The van der Waals surface area contributed by atoms with E-state index in [1.54, 1.807) is 0 Å². The van der Waals surface area contributed by atoms with E-state index >= 15 is 0 Å². The van der Waals surface area contributed by atoms with Gasteiger partial charge in [0.2, 0.25) is 5.95 Å². The van der Waals surface area contributed by atoms with Crippen molar-refractivity contribution in [3.05, 3.63) is 6.33 Å². The summed E-state index contributed by atoms with van der Waals surface area (Å²) in [5.41, 5.74) is 6.83. The molecule has 12 nitrogen and oxygen atoms in total. The summed E-state index contributed by atoms with van der Waals surface area (Å²) < 4.78 is 18.7.